The smallest absolute Gasteiger partial charge is 0.212 e. The van der Waals surface area contributed by atoms with E-state index < -0.39 is 0 Å². The Kier molecular flexibility index (Phi) is 5.77. The molecule has 2 aliphatic rings. The Hall–Kier alpha value is -1.88. The first-order chi connectivity index (χ1) is 13.2. The zero-order valence-corrected chi connectivity index (χ0v) is 16.2. The topological polar surface area (TPSA) is 39.1 Å². The average molecular weight is 372 g/mol. The maximum Gasteiger partial charge on any atom is 0.212 e. The van der Waals surface area contributed by atoms with Crippen LogP contribution in [0.15, 0.2) is 24.3 Å². The normalized spacial score (nSPS) is 18.0. The molecule has 0 amide bonds. The van der Waals surface area contributed by atoms with Gasteiger partial charge in [-0.2, -0.15) is 5.10 Å². The molecule has 0 spiro atoms. The van der Waals surface area contributed by atoms with E-state index in [1.165, 1.54) is 51.0 Å². The average Bonchev–Trinajstić information content (AvgIpc) is 3.43. The quantitative estimate of drug-likeness (QED) is 0.728. The fraction of sp³-hybridized carbons (Fsp3) is 0.591. The molecule has 5 heteroatoms. The van der Waals surface area contributed by atoms with Gasteiger partial charge < -0.3 is 10.1 Å². The highest BCUT2D eigenvalue weighted by atomic mass is 19.1. The summed E-state index contributed by atoms with van der Waals surface area (Å²) in [5, 5.41) is 8.31. The van der Waals surface area contributed by atoms with Crippen LogP contribution >= 0.6 is 0 Å². The lowest BCUT2D eigenvalue weighted by Gasteiger charge is -2.22. The van der Waals surface area contributed by atoms with Crippen LogP contribution in [0.1, 0.15) is 61.8 Å². The van der Waals surface area contributed by atoms with Crippen molar-refractivity contribution in [2.75, 3.05) is 0 Å². The molecule has 0 unspecified atom stereocenters. The van der Waals surface area contributed by atoms with Crippen molar-refractivity contribution >= 4 is 0 Å². The molecule has 146 valence electrons. The van der Waals surface area contributed by atoms with Gasteiger partial charge in [0.15, 0.2) is 0 Å². The molecule has 0 aliphatic heterocycles. The van der Waals surface area contributed by atoms with Gasteiger partial charge in [0, 0.05) is 30.8 Å². The van der Waals surface area contributed by atoms with Gasteiger partial charge in [-0.3, -0.25) is 0 Å². The maximum atomic E-state index is 14.1. The summed E-state index contributed by atoms with van der Waals surface area (Å²) < 4.78 is 22.1. The lowest BCUT2D eigenvalue weighted by Crippen LogP contribution is -2.18. The first-order valence-corrected chi connectivity index (χ1v) is 10.4. The largest absolute Gasteiger partial charge is 0.473 e. The van der Waals surface area contributed by atoms with Gasteiger partial charge in [-0.15, -0.1) is 0 Å². The molecule has 2 aromatic rings. The predicted molar refractivity (Wildman–Crippen MR) is 104 cm³/mol. The summed E-state index contributed by atoms with van der Waals surface area (Å²) in [6, 6.07) is 7.82. The molecular weight excluding hydrogens is 341 g/mol. The number of halogens is 1. The molecule has 0 atom stereocenters. The summed E-state index contributed by atoms with van der Waals surface area (Å²) in [5.41, 5.74) is 2.65. The molecule has 0 bridgehead atoms. The molecule has 4 rings (SSSR count). The highest BCUT2D eigenvalue weighted by molar-refractivity contribution is 5.24. The van der Waals surface area contributed by atoms with E-state index in [2.05, 4.69) is 5.32 Å². The zero-order chi connectivity index (χ0) is 18.6. The number of benzene rings is 1. The Morgan fingerprint density at radius 3 is 2.74 bits per heavy atom. The molecule has 2 saturated carbocycles. The number of nitrogens with one attached hydrogen (secondary N) is 1. The monoisotopic (exact) mass is 371 g/mol. The van der Waals surface area contributed by atoms with Crippen LogP contribution in [0.2, 0.25) is 0 Å². The number of ether oxygens (including phenoxy) is 1. The van der Waals surface area contributed by atoms with Crippen LogP contribution in [0.4, 0.5) is 4.39 Å². The Labute approximate surface area is 161 Å². The molecule has 27 heavy (non-hydrogen) atoms. The van der Waals surface area contributed by atoms with E-state index in [1.54, 1.807) is 6.07 Å². The SMILES string of the molecule is Cc1ccc(F)c(COc2cc(CNC3CC3)nn2CC2CCCCC2)c1. The van der Waals surface area contributed by atoms with Crippen LogP contribution in [0.3, 0.4) is 0 Å². The van der Waals surface area contributed by atoms with E-state index in [-0.39, 0.29) is 12.4 Å². The summed E-state index contributed by atoms with van der Waals surface area (Å²) in [5.74, 6) is 1.21. The van der Waals surface area contributed by atoms with Crippen LogP contribution in [0.5, 0.6) is 5.88 Å². The van der Waals surface area contributed by atoms with Gasteiger partial charge in [0.2, 0.25) is 5.88 Å². The van der Waals surface area contributed by atoms with Crippen LogP contribution < -0.4 is 10.1 Å². The molecule has 1 N–H and O–H groups in total. The fourth-order valence-corrected chi connectivity index (χ4v) is 3.90. The van der Waals surface area contributed by atoms with Crippen LogP contribution in [-0.4, -0.2) is 15.8 Å². The van der Waals surface area contributed by atoms with Gasteiger partial charge in [0.05, 0.1) is 5.69 Å². The van der Waals surface area contributed by atoms with Crippen molar-refractivity contribution in [1.29, 1.82) is 0 Å². The highest BCUT2D eigenvalue weighted by Crippen LogP contribution is 2.27. The molecule has 1 heterocycles. The van der Waals surface area contributed by atoms with Crippen molar-refractivity contribution in [3.05, 3.63) is 46.9 Å². The molecule has 2 fully saturated rings. The Bertz CT molecular complexity index is 763. The number of aryl methyl sites for hydroxylation is 1. The van der Waals surface area contributed by atoms with E-state index in [1.807, 2.05) is 23.7 Å². The third-order valence-corrected chi connectivity index (χ3v) is 5.68. The van der Waals surface area contributed by atoms with Crippen LogP contribution in [0, 0.1) is 18.7 Å². The summed E-state index contributed by atoms with van der Waals surface area (Å²) in [6.07, 6.45) is 9.03. The van der Waals surface area contributed by atoms with Gasteiger partial charge >= 0.3 is 0 Å². The third kappa shape index (κ3) is 5.10. The Morgan fingerprint density at radius 2 is 1.96 bits per heavy atom. The standard InChI is InChI=1S/C22H30FN3O/c1-16-7-10-21(23)18(11-16)15-27-22-12-20(13-24-19-8-9-19)25-26(22)14-17-5-3-2-4-6-17/h7,10-12,17,19,24H,2-6,8-9,13-15H2,1H3. The van der Waals surface area contributed by atoms with Gasteiger partial charge in [-0.1, -0.05) is 30.9 Å². The van der Waals surface area contributed by atoms with Gasteiger partial charge in [-0.05, 0) is 50.7 Å². The van der Waals surface area contributed by atoms with E-state index in [9.17, 15) is 4.39 Å². The predicted octanol–water partition coefficient (Wildman–Crippen LogP) is 4.74. The molecular formula is C22H30FN3O. The number of hydrogen-bond acceptors (Lipinski definition) is 3. The lowest BCUT2D eigenvalue weighted by atomic mass is 9.89. The minimum Gasteiger partial charge on any atom is -0.473 e. The van der Waals surface area contributed by atoms with E-state index in [0.717, 1.165) is 30.2 Å². The minimum absolute atomic E-state index is 0.213. The van der Waals surface area contributed by atoms with Gasteiger partial charge in [0.25, 0.3) is 0 Å². The van der Waals surface area contributed by atoms with Crippen molar-refractivity contribution in [1.82, 2.24) is 15.1 Å². The summed E-state index contributed by atoms with van der Waals surface area (Å²) in [6.45, 7) is 3.88. The zero-order valence-electron chi connectivity index (χ0n) is 16.2. The van der Waals surface area contributed by atoms with Crippen molar-refractivity contribution in [3.8, 4) is 5.88 Å². The Balaban J connectivity index is 1.46. The van der Waals surface area contributed by atoms with E-state index in [0.29, 0.717) is 17.5 Å². The third-order valence-electron chi connectivity index (χ3n) is 5.68. The van der Waals surface area contributed by atoms with Crippen LogP contribution in [0.25, 0.3) is 0 Å². The van der Waals surface area contributed by atoms with E-state index in [4.69, 9.17) is 9.84 Å². The lowest BCUT2D eigenvalue weighted by molar-refractivity contribution is 0.242. The summed E-state index contributed by atoms with van der Waals surface area (Å²) >= 11 is 0. The molecule has 1 aromatic carbocycles. The highest BCUT2D eigenvalue weighted by Gasteiger charge is 2.22. The maximum absolute atomic E-state index is 14.1. The van der Waals surface area contributed by atoms with Crippen LogP contribution in [-0.2, 0) is 19.7 Å². The Morgan fingerprint density at radius 1 is 1.15 bits per heavy atom. The summed E-state index contributed by atoms with van der Waals surface area (Å²) in [7, 11) is 0. The summed E-state index contributed by atoms with van der Waals surface area (Å²) in [4.78, 5) is 0. The minimum atomic E-state index is -0.213. The number of hydrogen-bond donors (Lipinski definition) is 1. The van der Waals surface area contributed by atoms with E-state index >= 15 is 0 Å². The second-order valence-electron chi connectivity index (χ2n) is 8.20. The molecule has 1 aromatic heterocycles. The van der Waals surface area contributed by atoms with Crippen molar-refractivity contribution in [2.24, 2.45) is 5.92 Å². The van der Waals surface area contributed by atoms with Crippen molar-refractivity contribution < 1.29 is 9.13 Å². The first kappa shape index (κ1) is 18.5. The first-order valence-electron chi connectivity index (χ1n) is 10.4. The molecule has 0 saturated heterocycles. The number of aromatic nitrogens is 2. The van der Waals surface area contributed by atoms with Gasteiger partial charge in [-0.25, -0.2) is 9.07 Å². The number of rotatable bonds is 8. The molecule has 4 nitrogen and oxygen atoms in total. The van der Waals surface area contributed by atoms with Crippen molar-refractivity contribution in [2.45, 2.75) is 77.6 Å². The molecule has 0 radical (unpaired) electrons. The van der Waals surface area contributed by atoms with Crippen molar-refractivity contribution in [3.63, 3.8) is 0 Å². The second kappa shape index (κ2) is 8.42. The fourth-order valence-electron chi connectivity index (χ4n) is 3.90. The number of nitrogens with zero attached hydrogens (tertiary/aromatic N) is 2. The molecule has 2 aliphatic carbocycles. The van der Waals surface area contributed by atoms with Gasteiger partial charge in [0.1, 0.15) is 12.4 Å². The second-order valence-corrected chi connectivity index (χ2v) is 8.20.